The van der Waals surface area contributed by atoms with Gasteiger partial charge < -0.3 is 30.7 Å². The Morgan fingerprint density at radius 2 is 1.97 bits per heavy atom. The molecule has 0 bridgehead atoms. The number of aliphatic hydroxyl groups is 3. The minimum absolute atomic E-state index is 0. The van der Waals surface area contributed by atoms with E-state index >= 15 is 0 Å². The zero-order chi connectivity index (χ0) is 22.8. The summed E-state index contributed by atoms with van der Waals surface area (Å²) < 4.78 is 6.10. The van der Waals surface area contributed by atoms with Gasteiger partial charge in [0.05, 0.1) is 40.9 Å². The highest BCUT2D eigenvalue weighted by molar-refractivity contribution is 7.21. The summed E-state index contributed by atoms with van der Waals surface area (Å²) in [6.07, 6.45) is 0.135. The van der Waals surface area contributed by atoms with Gasteiger partial charge in [-0.3, -0.25) is 4.98 Å². The van der Waals surface area contributed by atoms with Crippen molar-refractivity contribution >= 4 is 45.7 Å². The van der Waals surface area contributed by atoms with E-state index in [0.29, 0.717) is 31.3 Å². The van der Waals surface area contributed by atoms with E-state index in [-0.39, 0.29) is 19.0 Å². The van der Waals surface area contributed by atoms with Crippen LogP contribution >= 0.6 is 23.7 Å². The Morgan fingerprint density at radius 3 is 2.67 bits per heavy atom. The summed E-state index contributed by atoms with van der Waals surface area (Å²) >= 11 is 1.52. The number of nitrogens with one attached hydrogen (secondary N) is 2. The quantitative estimate of drug-likeness (QED) is 0.292. The second kappa shape index (κ2) is 10.9. The Balaban J connectivity index is 0.00000306. The SMILES string of the molecule is COCCNc1nc(C)c(-c2nc3cnc(C)cc3s2)c(N[C@@H]2C[C@H](CO)[C@@H](O)[C@H]2O)n1.Cl. The van der Waals surface area contributed by atoms with Crippen molar-refractivity contribution in [3.8, 4) is 10.6 Å². The van der Waals surface area contributed by atoms with Crippen molar-refractivity contribution in [3.63, 3.8) is 0 Å². The van der Waals surface area contributed by atoms with Crippen molar-refractivity contribution in [2.45, 2.75) is 38.5 Å². The molecule has 3 aromatic heterocycles. The van der Waals surface area contributed by atoms with Gasteiger partial charge in [-0.1, -0.05) is 0 Å². The Morgan fingerprint density at radius 1 is 1.18 bits per heavy atom. The number of ether oxygens (including phenoxy) is 1. The predicted octanol–water partition coefficient (Wildman–Crippen LogP) is 1.76. The molecule has 0 aliphatic heterocycles. The molecular formula is C21H29ClN6O4S. The number of anilines is 2. The fourth-order valence-corrected chi connectivity index (χ4v) is 5.07. The van der Waals surface area contributed by atoms with Gasteiger partial charge in [-0.05, 0) is 26.3 Å². The number of methoxy groups -OCH3 is 1. The first-order valence-electron chi connectivity index (χ1n) is 10.5. The van der Waals surface area contributed by atoms with Crippen LogP contribution in [0.2, 0.25) is 0 Å². The molecule has 180 valence electrons. The molecule has 5 N–H and O–H groups in total. The zero-order valence-electron chi connectivity index (χ0n) is 18.6. The first kappa shape index (κ1) is 25.5. The first-order valence-corrected chi connectivity index (χ1v) is 11.3. The summed E-state index contributed by atoms with van der Waals surface area (Å²) in [4.78, 5) is 18.3. The Hall–Kier alpha value is -2.15. The van der Waals surface area contributed by atoms with Gasteiger partial charge >= 0.3 is 0 Å². The van der Waals surface area contributed by atoms with Gasteiger partial charge in [0.15, 0.2) is 0 Å². The third-order valence-corrected chi connectivity index (χ3v) is 6.70. The fraction of sp³-hybridized carbons (Fsp3) is 0.524. The number of pyridine rings is 1. The number of fused-ring (bicyclic) bond motifs is 1. The highest BCUT2D eigenvalue weighted by Crippen LogP contribution is 2.38. The third kappa shape index (κ3) is 5.34. The van der Waals surface area contributed by atoms with Gasteiger partial charge in [-0.15, -0.1) is 23.7 Å². The third-order valence-electron chi connectivity index (χ3n) is 5.66. The summed E-state index contributed by atoms with van der Waals surface area (Å²) in [7, 11) is 1.62. The van der Waals surface area contributed by atoms with Crippen LogP contribution in [0.1, 0.15) is 17.8 Å². The van der Waals surface area contributed by atoms with Crippen LogP contribution in [0.4, 0.5) is 11.8 Å². The van der Waals surface area contributed by atoms with Crippen LogP contribution in [0, 0.1) is 19.8 Å². The van der Waals surface area contributed by atoms with E-state index in [1.54, 1.807) is 13.3 Å². The van der Waals surface area contributed by atoms with Gasteiger partial charge in [0.25, 0.3) is 0 Å². The Labute approximate surface area is 201 Å². The van der Waals surface area contributed by atoms with Crippen molar-refractivity contribution < 1.29 is 20.1 Å². The molecule has 0 spiro atoms. The Bertz CT molecular complexity index is 1100. The topological polar surface area (TPSA) is 146 Å². The number of hydrogen-bond donors (Lipinski definition) is 5. The van der Waals surface area contributed by atoms with Crippen LogP contribution in [-0.2, 0) is 4.74 Å². The first-order chi connectivity index (χ1) is 15.4. The number of halogens is 1. The van der Waals surface area contributed by atoms with Gasteiger partial charge in [0.2, 0.25) is 5.95 Å². The van der Waals surface area contributed by atoms with E-state index in [2.05, 4.69) is 25.6 Å². The number of aliphatic hydroxyl groups excluding tert-OH is 3. The standard InChI is InChI=1S/C21H28N6O4S.ClH/c1-10-6-15-14(8-23-10)26-20(32-15)16-11(2)24-21(22-4-5-31-3)27-19(16)25-13-7-12(9-28)17(29)18(13)30;/h6,8,12-13,17-18,28-30H,4-5,7,9H2,1-3H3,(H2,22,24,25,27);1H/t12-,13-,17-,18+;/m1./s1. The van der Waals surface area contributed by atoms with Crippen molar-refractivity contribution in [1.82, 2.24) is 19.9 Å². The van der Waals surface area contributed by atoms with Gasteiger partial charge in [0, 0.05) is 31.9 Å². The molecule has 3 heterocycles. The number of aromatic nitrogens is 4. The molecule has 4 atom stereocenters. The van der Waals surface area contributed by atoms with Crippen molar-refractivity contribution in [2.24, 2.45) is 5.92 Å². The lowest BCUT2D eigenvalue weighted by Gasteiger charge is -2.21. The smallest absolute Gasteiger partial charge is 0.224 e. The molecule has 1 fully saturated rings. The van der Waals surface area contributed by atoms with Crippen LogP contribution in [0.25, 0.3) is 20.8 Å². The average Bonchev–Trinajstić information content (AvgIpc) is 3.29. The normalized spacial score (nSPS) is 22.4. The lowest BCUT2D eigenvalue weighted by atomic mass is 10.1. The summed E-state index contributed by atoms with van der Waals surface area (Å²) in [5.74, 6) is 0.539. The van der Waals surface area contributed by atoms with E-state index in [1.807, 2.05) is 19.9 Å². The van der Waals surface area contributed by atoms with Crippen molar-refractivity contribution in [2.75, 3.05) is 37.5 Å². The summed E-state index contributed by atoms with van der Waals surface area (Å²) in [5.41, 5.74) is 3.16. The average molecular weight is 497 g/mol. The maximum absolute atomic E-state index is 10.5. The zero-order valence-corrected chi connectivity index (χ0v) is 20.3. The molecule has 0 unspecified atom stereocenters. The molecule has 1 saturated carbocycles. The molecule has 0 saturated heterocycles. The molecule has 33 heavy (non-hydrogen) atoms. The lowest BCUT2D eigenvalue weighted by molar-refractivity contribution is 0.00446. The fourth-order valence-electron chi connectivity index (χ4n) is 3.94. The number of aryl methyl sites for hydroxylation is 2. The molecule has 12 heteroatoms. The van der Waals surface area contributed by atoms with Crippen molar-refractivity contribution in [3.05, 3.63) is 23.7 Å². The molecule has 10 nitrogen and oxygen atoms in total. The van der Waals surface area contributed by atoms with Crippen molar-refractivity contribution in [1.29, 1.82) is 0 Å². The van der Waals surface area contributed by atoms with E-state index in [9.17, 15) is 15.3 Å². The summed E-state index contributed by atoms with van der Waals surface area (Å²) in [6, 6.07) is 1.52. The largest absolute Gasteiger partial charge is 0.396 e. The van der Waals surface area contributed by atoms with Crippen LogP contribution in [-0.4, -0.2) is 80.4 Å². The number of thiazole rings is 1. The molecule has 4 rings (SSSR count). The highest BCUT2D eigenvalue weighted by Gasteiger charge is 2.41. The highest BCUT2D eigenvalue weighted by atomic mass is 35.5. The molecule has 1 aliphatic carbocycles. The summed E-state index contributed by atoms with van der Waals surface area (Å²) in [5, 5.41) is 37.4. The second-order valence-corrected chi connectivity index (χ2v) is 9.03. The molecule has 0 aromatic carbocycles. The van der Waals surface area contributed by atoms with Gasteiger partial charge in [0.1, 0.15) is 22.4 Å². The maximum atomic E-state index is 10.5. The minimum atomic E-state index is -1.03. The van der Waals surface area contributed by atoms with Crippen LogP contribution < -0.4 is 10.6 Å². The molecule has 1 aliphatic rings. The van der Waals surface area contributed by atoms with Crippen LogP contribution in [0.3, 0.4) is 0 Å². The van der Waals surface area contributed by atoms with E-state index < -0.39 is 24.2 Å². The maximum Gasteiger partial charge on any atom is 0.224 e. The van der Waals surface area contributed by atoms with Gasteiger partial charge in [-0.25, -0.2) is 9.97 Å². The van der Waals surface area contributed by atoms with Gasteiger partial charge in [-0.2, -0.15) is 4.98 Å². The summed E-state index contributed by atoms with van der Waals surface area (Å²) in [6.45, 7) is 4.67. The molecule has 0 radical (unpaired) electrons. The molecule has 3 aromatic rings. The lowest BCUT2D eigenvalue weighted by Crippen LogP contribution is -2.35. The number of nitrogens with zero attached hydrogens (tertiary/aromatic N) is 4. The van der Waals surface area contributed by atoms with Crippen LogP contribution in [0.5, 0.6) is 0 Å². The predicted molar refractivity (Wildman–Crippen MR) is 130 cm³/mol. The van der Waals surface area contributed by atoms with Crippen LogP contribution in [0.15, 0.2) is 12.3 Å². The van der Waals surface area contributed by atoms with E-state index in [4.69, 9.17) is 9.72 Å². The monoisotopic (exact) mass is 496 g/mol. The van der Waals surface area contributed by atoms with E-state index in [0.717, 1.165) is 32.2 Å². The minimum Gasteiger partial charge on any atom is -0.396 e. The Kier molecular flexibility index (Phi) is 8.38. The molecule has 0 amide bonds. The van der Waals surface area contributed by atoms with E-state index in [1.165, 1.54) is 11.3 Å². The number of hydrogen-bond acceptors (Lipinski definition) is 11. The second-order valence-electron chi connectivity index (χ2n) is 8.00. The number of rotatable bonds is 8. The molecular weight excluding hydrogens is 468 g/mol.